The van der Waals surface area contributed by atoms with Crippen molar-refractivity contribution in [3.8, 4) is 11.5 Å². The van der Waals surface area contributed by atoms with Gasteiger partial charge in [0, 0.05) is 4.88 Å². The molecular weight excluding hydrogens is 374 g/mol. The minimum absolute atomic E-state index is 0.465. The fourth-order valence-corrected chi connectivity index (χ4v) is 3.51. The van der Waals surface area contributed by atoms with E-state index in [-0.39, 0.29) is 0 Å². The van der Waals surface area contributed by atoms with Crippen molar-refractivity contribution < 1.29 is 9.47 Å². The van der Waals surface area contributed by atoms with Crippen LogP contribution in [-0.2, 0) is 13.0 Å². The number of benzene rings is 1. The SMILES string of the molecule is CCOc1cc(CCN)cc(Br)c1OCc1ccc(Cl)s1. The molecule has 0 fully saturated rings. The van der Waals surface area contributed by atoms with Crippen LogP contribution >= 0.6 is 38.9 Å². The molecule has 114 valence electrons. The Hall–Kier alpha value is -0.750. The molecule has 3 nitrogen and oxygen atoms in total. The summed E-state index contributed by atoms with van der Waals surface area (Å²) in [6.45, 7) is 3.60. The van der Waals surface area contributed by atoms with E-state index >= 15 is 0 Å². The molecule has 1 aromatic heterocycles. The Balaban J connectivity index is 2.19. The second-order valence-corrected chi connectivity index (χ2v) is 7.03. The van der Waals surface area contributed by atoms with Gasteiger partial charge in [0.05, 0.1) is 15.4 Å². The zero-order valence-electron chi connectivity index (χ0n) is 11.7. The fourth-order valence-electron chi connectivity index (χ4n) is 1.91. The number of thiophene rings is 1. The van der Waals surface area contributed by atoms with Crippen LogP contribution in [0.25, 0.3) is 0 Å². The third-order valence-corrected chi connectivity index (χ3v) is 4.58. The number of rotatable bonds is 7. The van der Waals surface area contributed by atoms with Gasteiger partial charge in [0.25, 0.3) is 0 Å². The maximum atomic E-state index is 5.93. The third-order valence-electron chi connectivity index (χ3n) is 2.79. The van der Waals surface area contributed by atoms with Crippen molar-refractivity contribution in [1.29, 1.82) is 0 Å². The second-order valence-electron chi connectivity index (χ2n) is 4.37. The molecule has 0 aliphatic rings. The topological polar surface area (TPSA) is 44.5 Å². The van der Waals surface area contributed by atoms with Gasteiger partial charge in [-0.15, -0.1) is 11.3 Å². The molecule has 6 heteroatoms. The molecule has 2 aromatic rings. The molecule has 1 heterocycles. The highest BCUT2D eigenvalue weighted by atomic mass is 79.9. The lowest BCUT2D eigenvalue weighted by Crippen LogP contribution is -2.05. The summed E-state index contributed by atoms with van der Waals surface area (Å²) in [6.07, 6.45) is 0.805. The van der Waals surface area contributed by atoms with E-state index in [9.17, 15) is 0 Å². The van der Waals surface area contributed by atoms with E-state index in [4.69, 9.17) is 26.8 Å². The van der Waals surface area contributed by atoms with Crippen LogP contribution in [0.3, 0.4) is 0 Å². The van der Waals surface area contributed by atoms with Crippen LogP contribution in [0.4, 0.5) is 0 Å². The van der Waals surface area contributed by atoms with Crippen molar-refractivity contribution in [1.82, 2.24) is 0 Å². The van der Waals surface area contributed by atoms with Gasteiger partial charge in [0.2, 0.25) is 0 Å². The van der Waals surface area contributed by atoms with E-state index in [1.807, 2.05) is 31.2 Å². The third kappa shape index (κ3) is 4.61. The first-order valence-electron chi connectivity index (χ1n) is 6.66. The highest BCUT2D eigenvalue weighted by molar-refractivity contribution is 9.10. The Kier molecular flexibility index (Phi) is 6.36. The Labute approximate surface area is 142 Å². The van der Waals surface area contributed by atoms with Crippen LogP contribution in [0, 0.1) is 0 Å². The molecule has 1 aromatic carbocycles. The predicted molar refractivity (Wildman–Crippen MR) is 91.7 cm³/mol. The molecular formula is C15H17BrClNO2S. The highest BCUT2D eigenvalue weighted by Crippen LogP contribution is 2.38. The Bertz CT molecular complexity index is 603. The van der Waals surface area contributed by atoms with Crippen molar-refractivity contribution >= 4 is 38.9 Å². The first kappa shape index (κ1) is 16.6. The number of halogens is 2. The molecule has 0 unspecified atom stereocenters. The van der Waals surface area contributed by atoms with Gasteiger partial charge in [0.15, 0.2) is 11.5 Å². The minimum Gasteiger partial charge on any atom is -0.490 e. The molecule has 2 rings (SSSR count). The standard InChI is InChI=1S/C15H17BrClNO2S/c1-2-19-13-8-10(5-6-18)7-12(16)15(13)20-9-11-3-4-14(17)21-11/h3-4,7-8H,2,5-6,9,18H2,1H3. The summed E-state index contributed by atoms with van der Waals surface area (Å²) >= 11 is 11.0. The van der Waals surface area contributed by atoms with Crippen LogP contribution in [-0.4, -0.2) is 13.2 Å². The normalized spacial score (nSPS) is 10.7. The number of ether oxygens (including phenoxy) is 2. The van der Waals surface area contributed by atoms with Gasteiger partial charge >= 0.3 is 0 Å². The zero-order chi connectivity index (χ0) is 15.2. The molecule has 0 amide bonds. The fraction of sp³-hybridized carbons (Fsp3) is 0.333. The van der Waals surface area contributed by atoms with Crippen LogP contribution in [0.2, 0.25) is 4.34 Å². The lowest BCUT2D eigenvalue weighted by atomic mass is 10.1. The molecule has 0 radical (unpaired) electrons. The van der Waals surface area contributed by atoms with Crippen molar-refractivity contribution in [2.75, 3.05) is 13.2 Å². The summed E-state index contributed by atoms with van der Waals surface area (Å²) in [6, 6.07) is 7.84. The number of nitrogens with two attached hydrogens (primary N) is 1. The highest BCUT2D eigenvalue weighted by Gasteiger charge is 2.13. The van der Waals surface area contributed by atoms with Crippen LogP contribution < -0.4 is 15.2 Å². The Morgan fingerprint density at radius 3 is 2.71 bits per heavy atom. The largest absolute Gasteiger partial charge is 0.490 e. The lowest BCUT2D eigenvalue weighted by molar-refractivity contribution is 0.269. The summed E-state index contributed by atoms with van der Waals surface area (Å²) in [4.78, 5) is 1.07. The monoisotopic (exact) mass is 389 g/mol. The van der Waals surface area contributed by atoms with E-state index < -0.39 is 0 Å². The molecule has 0 saturated heterocycles. The maximum Gasteiger partial charge on any atom is 0.175 e. The summed E-state index contributed by atoms with van der Waals surface area (Å²) in [5.41, 5.74) is 6.74. The molecule has 21 heavy (non-hydrogen) atoms. The summed E-state index contributed by atoms with van der Waals surface area (Å²) in [5, 5.41) is 0. The first-order chi connectivity index (χ1) is 10.1. The van der Waals surface area contributed by atoms with Crippen molar-refractivity contribution in [2.45, 2.75) is 20.0 Å². The van der Waals surface area contributed by atoms with Gasteiger partial charge in [0.1, 0.15) is 6.61 Å². The molecule has 0 bridgehead atoms. The van der Waals surface area contributed by atoms with E-state index in [0.29, 0.717) is 25.5 Å². The predicted octanol–water partition coefficient (Wildman–Crippen LogP) is 4.64. The molecule has 0 aliphatic carbocycles. The maximum absolute atomic E-state index is 5.93. The summed E-state index contributed by atoms with van der Waals surface area (Å²) in [5.74, 6) is 1.44. The Morgan fingerprint density at radius 2 is 2.10 bits per heavy atom. The van der Waals surface area contributed by atoms with E-state index in [1.54, 1.807) is 0 Å². The van der Waals surface area contributed by atoms with Crippen molar-refractivity contribution in [3.63, 3.8) is 0 Å². The molecule has 0 saturated carbocycles. The minimum atomic E-state index is 0.465. The van der Waals surface area contributed by atoms with Gasteiger partial charge < -0.3 is 15.2 Å². The van der Waals surface area contributed by atoms with E-state index in [2.05, 4.69) is 15.9 Å². The average Bonchev–Trinajstić information content (AvgIpc) is 2.84. The van der Waals surface area contributed by atoms with E-state index in [1.165, 1.54) is 11.3 Å². The van der Waals surface area contributed by atoms with Crippen LogP contribution in [0.15, 0.2) is 28.7 Å². The van der Waals surface area contributed by atoms with Crippen molar-refractivity contribution in [2.24, 2.45) is 5.73 Å². The quantitative estimate of drug-likeness (QED) is 0.749. The van der Waals surface area contributed by atoms with Gasteiger partial charge in [-0.05, 0) is 65.6 Å². The summed E-state index contributed by atoms with van der Waals surface area (Å²) in [7, 11) is 0. The number of hydrogen-bond acceptors (Lipinski definition) is 4. The average molecular weight is 391 g/mol. The number of hydrogen-bond donors (Lipinski definition) is 1. The second kappa shape index (κ2) is 8.03. The molecule has 0 aliphatic heterocycles. The first-order valence-corrected chi connectivity index (χ1v) is 8.65. The van der Waals surface area contributed by atoms with E-state index in [0.717, 1.165) is 31.4 Å². The van der Waals surface area contributed by atoms with Crippen molar-refractivity contribution in [3.05, 3.63) is 43.5 Å². The summed E-state index contributed by atoms with van der Waals surface area (Å²) < 4.78 is 13.2. The van der Waals surface area contributed by atoms with Gasteiger partial charge in [-0.2, -0.15) is 0 Å². The smallest absolute Gasteiger partial charge is 0.175 e. The Morgan fingerprint density at radius 1 is 1.29 bits per heavy atom. The lowest BCUT2D eigenvalue weighted by Gasteiger charge is -2.15. The zero-order valence-corrected chi connectivity index (χ0v) is 14.9. The van der Waals surface area contributed by atoms with Crippen LogP contribution in [0.1, 0.15) is 17.4 Å². The molecule has 0 spiro atoms. The molecule has 2 N–H and O–H groups in total. The van der Waals surface area contributed by atoms with Crippen LogP contribution in [0.5, 0.6) is 11.5 Å². The molecule has 0 atom stereocenters. The van der Waals surface area contributed by atoms with Gasteiger partial charge in [-0.3, -0.25) is 0 Å². The van der Waals surface area contributed by atoms with Gasteiger partial charge in [-0.25, -0.2) is 0 Å². The van der Waals surface area contributed by atoms with Gasteiger partial charge in [-0.1, -0.05) is 11.6 Å².